The molecule has 1 unspecified atom stereocenters. The van der Waals surface area contributed by atoms with E-state index in [9.17, 15) is 14.1 Å². The maximum atomic E-state index is 12.2. The molecule has 0 bridgehead atoms. The Kier molecular flexibility index (Phi) is 4.75. The molecule has 2 N–H and O–H groups in total. The van der Waals surface area contributed by atoms with E-state index in [-0.39, 0.29) is 11.7 Å². The number of carbonyl (C=O) groups is 1. The summed E-state index contributed by atoms with van der Waals surface area (Å²) in [5.74, 6) is 0.142. The second kappa shape index (κ2) is 6.54. The molecule has 0 aliphatic heterocycles. The number of phenols is 1. The van der Waals surface area contributed by atoms with Gasteiger partial charge in [-0.25, -0.2) is 0 Å². The normalized spacial score (nSPS) is 11.9. The van der Waals surface area contributed by atoms with Crippen molar-refractivity contribution in [2.24, 2.45) is 0 Å². The molecule has 0 spiro atoms. The zero-order valence-corrected chi connectivity index (χ0v) is 12.7. The SMILES string of the molecule is Cc1ccc(NC(=O)c2cccc(CS(C)=O)c2)c(O)c1. The molecule has 5 heteroatoms. The summed E-state index contributed by atoms with van der Waals surface area (Å²) in [4.78, 5) is 12.2. The molecule has 1 atom stereocenters. The second-order valence-corrected chi connectivity index (χ2v) is 6.33. The van der Waals surface area contributed by atoms with Crippen LogP contribution in [0.2, 0.25) is 0 Å². The molecule has 0 radical (unpaired) electrons. The lowest BCUT2D eigenvalue weighted by Crippen LogP contribution is -2.12. The van der Waals surface area contributed by atoms with Crippen LogP contribution in [0.15, 0.2) is 42.5 Å². The molecule has 21 heavy (non-hydrogen) atoms. The second-order valence-electron chi connectivity index (χ2n) is 4.89. The Hall–Kier alpha value is -2.14. The van der Waals surface area contributed by atoms with E-state index in [1.54, 1.807) is 36.6 Å². The molecule has 0 heterocycles. The van der Waals surface area contributed by atoms with Crippen LogP contribution in [0, 0.1) is 6.92 Å². The largest absolute Gasteiger partial charge is 0.506 e. The van der Waals surface area contributed by atoms with E-state index in [1.165, 1.54) is 0 Å². The Balaban J connectivity index is 2.18. The quantitative estimate of drug-likeness (QED) is 0.854. The molecule has 0 aliphatic carbocycles. The number of carbonyl (C=O) groups excluding carboxylic acids is 1. The molecule has 4 nitrogen and oxygen atoms in total. The fraction of sp³-hybridized carbons (Fsp3) is 0.188. The van der Waals surface area contributed by atoms with Crippen molar-refractivity contribution in [3.05, 3.63) is 59.2 Å². The zero-order chi connectivity index (χ0) is 15.4. The van der Waals surface area contributed by atoms with Gasteiger partial charge in [0.25, 0.3) is 5.91 Å². The predicted molar refractivity (Wildman–Crippen MR) is 85.0 cm³/mol. The number of anilines is 1. The third-order valence-electron chi connectivity index (χ3n) is 2.96. The maximum Gasteiger partial charge on any atom is 0.255 e. The molecule has 2 aromatic rings. The summed E-state index contributed by atoms with van der Waals surface area (Å²) >= 11 is 0. The molecule has 110 valence electrons. The monoisotopic (exact) mass is 303 g/mol. The van der Waals surface area contributed by atoms with Crippen molar-refractivity contribution < 1.29 is 14.1 Å². The molecule has 0 saturated heterocycles. The first-order chi connectivity index (χ1) is 9.95. The third kappa shape index (κ3) is 4.16. The lowest BCUT2D eigenvalue weighted by Gasteiger charge is -2.09. The summed E-state index contributed by atoms with van der Waals surface area (Å²) in [5, 5.41) is 12.5. The third-order valence-corrected chi connectivity index (χ3v) is 3.70. The average Bonchev–Trinajstić information content (AvgIpc) is 2.41. The van der Waals surface area contributed by atoms with Crippen LogP contribution in [-0.2, 0) is 16.6 Å². The molecule has 0 saturated carbocycles. The maximum absolute atomic E-state index is 12.2. The standard InChI is InChI=1S/C16H17NO3S/c1-11-6-7-14(15(18)8-11)17-16(19)13-5-3-4-12(9-13)10-21(2)20/h3-9,18H,10H2,1-2H3,(H,17,19). The Labute approximate surface area is 126 Å². The molecule has 1 amide bonds. The van der Waals surface area contributed by atoms with E-state index in [1.807, 2.05) is 19.1 Å². The predicted octanol–water partition coefficient (Wildman–Crippen LogP) is 2.83. The Morgan fingerprint density at radius 3 is 2.67 bits per heavy atom. The van der Waals surface area contributed by atoms with Gasteiger partial charge in [-0.2, -0.15) is 0 Å². The van der Waals surface area contributed by atoms with Gasteiger partial charge in [-0.1, -0.05) is 18.2 Å². The van der Waals surface area contributed by atoms with Crippen molar-refractivity contribution in [3.8, 4) is 5.75 Å². The fourth-order valence-electron chi connectivity index (χ4n) is 1.98. The molecule has 2 aromatic carbocycles. The van der Waals surface area contributed by atoms with Gasteiger partial charge >= 0.3 is 0 Å². The Bertz CT molecular complexity index is 698. The van der Waals surface area contributed by atoms with Crippen molar-refractivity contribution in [1.82, 2.24) is 0 Å². The van der Waals surface area contributed by atoms with Crippen LogP contribution in [0.4, 0.5) is 5.69 Å². The highest BCUT2D eigenvalue weighted by Gasteiger charge is 2.10. The van der Waals surface area contributed by atoms with Gasteiger partial charge < -0.3 is 10.4 Å². The molecule has 0 aliphatic rings. The van der Waals surface area contributed by atoms with Crippen molar-refractivity contribution in [3.63, 3.8) is 0 Å². The molecule has 0 fully saturated rings. The van der Waals surface area contributed by atoms with Gasteiger partial charge in [0.05, 0.1) is 5.69 Å². The van der Waals surface area contributed by atoms with E-state index in [0.717, 1.165) is 11.1 Å². The number of nitrogens with one attached hydrogen (secondary N) is 1. The van der Waals surface area contributed by atoms with E-state index < -0.39 is 10.8 Å². The van der Waals surface area contributed by atoms with Crippen LogP contribution in [0.25, 0.3) is 0 Å². The first-order valence-corrected chi connectivity index (χ1v) is 8.18. The van der Waals surface area contributed by atoms with Gasteiger partial charge in [0, 0.05) is 28.4 Å². The molecular weight excluding hydrogens is 286 g/mol. The Morgan fingerprint density at radius 1 is 1.24 bits per heavy atom. The highest BCUT2D eigenvalue weighted by Crippen LogP contribution is 2.24. The average molecular weight is 303 g/mol. The minimum Gasteiger partial charge on any atom is -0.506 e. The minimum atomic E-state index is -0.954. The van der Waals surface area contributed by atoms with Crippen LogP contribution in [0.3, 0.4) is 0 Å². The van der Waals surface area contributed by atoms with Gasteiger partial charge in [0.1, 0.15) is 5.75 Å². The minimum absolute atomic E-state index is 0.0363. The van der Waals surface area contributed by atoms with E-state index >= 15 is 0 Å². The van der Waals surface area contributed by atoms with Crippen LogP contribution in [-0.4, -0.2) is 21.5 Å². The smallest absolute Gasteiger partial charge is 0.255 e. The number of amides is 1. The summed E-state index contributed by atoms with van der Waals surface area (Å²) in [6.45, 7) is 1.86. The van der Waals surface area contributed by atoms with Crippen LogP contribution in [0.1, 0.15) is 21.5 Å². The number of aromatic hydroxyl groups is 1. The fourth-order valence-corrected chi connectivity index (χ4v) is 2.63. The topological polar surface area (TPSA) is 66.4 Å². The van der Waals surface area contributed by atoms with E-state index in [4.69, 9.17) is 0 Å². The van der Waals surface area contributed by atoms with Gasteiger partial charge in [0.2, 0.25) is 0 Å². The molecule has 0 aromatic heterocycles. The van der Waals surface area contributed by atoms with Gasteiger partial charge in [-0.05, 0) is 42.3 Å². The number of rotatable bonds is 4. The first kappa shape index (κ1) is 15.3. The molecular formula is C16H17NO3S. The Morgan fingerprint density at radius 2 is 2.00 bits per heavy atom. The van der Waals surface area contributed by atoms with Gasteiger partial charge in [-0.3, -0.25) is 9.00 Å². The van der Waals surface area contributed by atoms with Crippen molar-refractivity contribution in [2.75, 3.05) is 11.6 Å². The zero-order valence-electron chi connectivity index (χ0n) is 11.9. The first-order valence-electron chi connectivity index (χ1n) is 6.45. The summed E-state index contributed by atoms with van der Waals surface area (Å²) in [7, 11) is -0.954. The number of benzene rings is 2. The summed E-state index contributed by atoms with van der Waals surface area (Å²) in [6.07, 6.45) is 1.62. The number of hydrogen-bond acceptors (Lipinski definition) is 3. The van der Waals surface area contributed by atoms with Crippen molar-refractivity contribution in [2.45, 2.75) is 12.7 Å². The van der Waals surface area contributed by atoms with Crippen LogP contribution < -0.4 is 5.32 Å². The molecule has 2 rings (SSSR count). The summed E-state index contributed by atoms with van der Waals surface area (Å²) in [5.41, 5.74) is 2.60. The number of aryl methyl sites for hydroxylation is 1. The lowest BCUT2D eigenvalue weighted by atomic mass is 10.1. The highest BCUT2D eigenvalue weighted by atomic mass is 32.2. The van der Waals surface area contributed by atoms with E-state index in [0.29, 0.717) is 17.0 Å². The highest BCUT2D eigenvalue weighted by molar-refractivity contribution is 7.83. The number of phenolic OH excluding ortho intramolecular Hbond substituents is 1. The summed E-state index contributed by atoms with van der Waals surface area (Å²) < 4.78 is 11.2. The van der Waals surface area contributed by atoms with Crippen molar-refractivity contribution in [1.29, 1.82) is 0 Å². The van der Waals surface area contributed by atoms with Crippen LogP contribution in [0.5, 0.6) is 5.75 Å². The van der Waals surface area contributed by atoms with Crippen LogP contribution >= 0.6 is 0 Å². The number of hydrogen-bond donors (Lipinski definition) is 2. The van der Waals surface area contributed by atoms with Gasteiger partial charge in [0.15, 0.2) is 0 Å². The van der Waals surface area contributed by atoms with E-state index in [2.05, 4.69) is 5.32 Å². The lowest BCUT2D eigenvalue weighted by molar-refractivity contribution is 0.102. The van der Waals surface area contributed by atoms with Crippen molar-refractivity contribution >= 4 is 22.4 Å². The summed E-state index contributed by atoms with van der Waals surface area (Å²) in [6, 6.07) is 12.0. The van der Waals surface area contributed by atoms with Gasteiger partial charge in [-0.15, -0.1) is 0 Å².